The van der Waals surface area contributed by atoms with E-state index in [0.29, 0.717) is 47.7 Å². The minimum absolute atomic E-state index is 0.241. The maximum absolute atomic E-state index is 13.8. The van der Waals surface area contributed by atoms with E-state index in [0.717, 1.165) is 12.8 Å². The van der Waals surface area contributed by atoms with Gasteiger partial charge in [-0.3, -0.25) is 4.79 Å². The monoisotopic (exact) mass is 292 g/mol. The molecule has 0 aromatic heterocycles. The van der Waals surface area contributed by atoms with Gasteiger partial charge in [-0.25, -0.2) is 4.39 Å². The van der Waals surface area contributed by atoms with Crippen molar-refractivity contribution in [3.63, 3.8) is 0 Å². The van der Waals surface area contributed by atoms with Crippen molar-refractivity contribution >= 4 is 5.78 Å². The molecule has 0 heterocycles. The van der Waals surface area contributed by atoms with Crippen molar-refractivity contribution in [3.8, 4) is 0 Å². The molecule has 1 nitrogen and oxygen atoms in total. The van der Waals surface area contributed by atoms with E-state index in [2.05, 4.69) is 13.8 Å². The number of fused-ring (bicyclic) bond motifs is 5. The Morgan fingerprint density at radius 2 is 1.86 bits per heavy atom. The number of halogens is 1. The number of carbonyl (C=O) groups excluding carboxylic acids is 1. The zero-order valence-electron chi connectivity index (χ0n) is 13.5. The summed E-state index contributed by atoms with van der Waals surface area (Å²) in [5.41, 5.74) is 0.669. The molecule has 4 aliphatic carbocycles. The molecule has 0 N–H and O–H groups in total. The molecular weight excluding hydrogens is 263 g/mol. The van der Waals surface area contributed by atoms with Crippen LogP contribution in [0.5, 0.6) is 0 Å². The molecule has 7 atom stereocenters. The van der Waals surface area contributed by atoms with Crippen molar-refractivity contribution in [2.75, 3.05) is 0 Å². The summed E-state index contributed by atoms with van der Waals surface area (Å²) in [7, 11) is 0. The minimum atomic E-state index is -0.659. The molecule has 4 aliphatic rings. The van der Waals surface area contributed by atoms with Crippen molar-refractivity contribution < 1.29 is 9.18 Å². The molecule has 0 unspecified atom stereocenters. The van der Waals surface area contributed by atoms with Gasteiger partial charge in [-0.05, 0) is 73.5 Å². The van der Waals surface area contributed by atoms with E-state index in [1.807, 2.05) is 0 Å². The highest BCUT2D eigenvalue weighted by Gasteiger charge is 2.60. The standard InChI is InChI=1S/C19H29FO/c1-18-7-3-4-14(18)17-15(6-8-18)19(2)9-5-13(20)10-12(19)11-16(17)21/h12-15,17H,3-11H2,1-2H3/t12-,13-,14-,15+,17+,18-,19+/m1/s1. The van der Waals surface area contributed by atoms with Gasteiger partial charge in [0.1, 0.15) is 12.0 Å². The predicted molar refractivity (Wildman–Crippen MR) is 81.6 cm³/mol. The first-order chi connectivity index (χ1) is 9.94. The molecule has 0 aromatic rings. The number of Topliss-reactive ketones (excluding diaryl/α,β-unsaturated/α-hetero) is 1. The molecule has 0 aliphatic heterocycles. The summed E-state index contributed by atoms with van der Waals surface area (Å²) in [6.45, 7) is 4.83. The summed E-state index contributed by atoms with van der Waals surface area (Å²) in [5.74, 6) is 2.30. The number of hydrogen-bond acceptors (Lipinski definition) is 1. The van der Waals surface area contributed by atoms with Gasteiger partial charge in [0.2, 0.25) is 0 Å². The normalized spacial score (nSPS) is 56.5. The molecule has 4 rings (SSSR count). The second kappa shape index (κ2) is 4.55. The van der Waals surface area contributed by atoms with Gasteiger partial charge in [-0.15, -0.1) is 0 Å². The molecule has 21 heavy (non-hydrogen) atoms. The van der Waals surface area contributed by atoms with E-state index in [9.17, 15) is 9.18 Å². The summed E-state index contributed by atoms with van der Waals surface area (Å²) in [4.78, 5) is 12.9. The van der Waals surface area contributed by atoms with Crippen molar-refractivity contribution in [3.05, 3.63) is 0 Å². The quantitative estimate of drug-likeness (QED) is 0.618. The van der Waals surface area contributed by atoms with Crippen molar-refractivity contribution in [2.24, 2.45) is 34.5 Å². The van der Waals surface area contributed by atoms with E-state index < -0.39 is 6.17 Å². The van der Waals surface area contributed by atoms with E-state index in [1.165, 1.54) is 32.1 Å². The SMILES string of the molecule is C[C@]12CCC[C@@H]1[C@@H]1C(=O)C[C@H]3C[C@H](F)CC[C@]3(C)[C@H]1CC2. The molecule has 0 aromatic carbocycles. The third kappa shape index (κ3) is 1.90. The maximum Gasteiger partial charge on any atom is 0.136 e. The second-order valence-electron chi connectivity index (χ2n) is 9.07. The van der Waals surface area contributed by atoms with Gasteiger partial charge in [0, 0.05) is 12.3 Å². The summed E-state index contributed by atoms with van der Waals surface area (Å²) in [5, 5.41) is 0. The van der Waals surface area contributed by atoms with Gasteiger partial charge in [0.25, 0.3) is 0 Å². The third-order valence-corrected chi connectivity index (χ3v) is 8.19. The van der Waals surface area contributed by atoms with Gasteiger partial charge in [-0.2, -0.15) is 0 Å². The summed E-state index contributed by atoms with van der Waals surface area (Å²) in [6.07, 6.45) is 8.80. The van der Waals surface area contributed by atoms with Crippen LogP contribution in [-0.2, 0) is 4.79 Å². The van der Waals surface area contributed by atoms with Gasteiger partial charge in [0.15, 0.2) is 0 Å². The van der Waals surface area contributed by atoms with Crippen LogP contribution in [0, 0.1) is 34.5 Å². The predicted octanol–water partition coefficient (Wildman–Crippen LogP) is 4.94. The third-order valence-electron chi connectivity index (χ3n) is 8.19. The number of hydrogen-bond donors (Lipinski definition) is 0. The Bertz CT molecular complexity index is 460. The zero-order chi connectivity index (χ0) is 14.8. The average Bonchev–Trinajstić information content (AvgIpc) is 2.82. The molecule has 0 amide bonds. The Kier molecular flexibility index (Phi) is 3.08. The van der Waals surface area contributed by atoms with E-state index >= 15 is 0 Å². The first-order valence-electron chi connectivity index (χ1n) is 9.11. The van der Waals surface area contributed by atoms with Crippen LogP contribution in [0.3, 0.4) is 0 Å². The molecule has 4 fully saturated rings. The van der Waals surface area contributed by atoms with Crippen LogP contribution >= 0.6 is 0 Å². The highest BCUT2D eigenvalue weighted by Crippen LogP contribution is 2.65. The van der Waals surface area contributed by atoms with Gasteiger partial charge in [0.05, 0.1) is 0 Å². The van der Waals surface area contributed by atoms with Crippen LogP contribution in [-0.4, -0.2) is 12.0 Å². The maximum atomic E-state index is 13.8. The number of rotatable bonds is 0. The van der Waals surface area contributed by atoms with Gasteiger partial charge < -0.3 is 0 Å². The summed E-state index contributed by atoms with van der Waals surface area (Å²) >= 11 is 0. The number of carbonyl (C=O) groups is 1. The molecule has 0 radical (unpaired) electrons. The lowest BCUT2D eigenvalue weighted by Gasteiger charge is -2.59. The molecular formula is C19H29FO. The van der Waals surface area contributed by atoms with Crippen LogP contribution in [0.1, 0.15) is 71.6 Å². The van der Waals surface area contributed by atoms with E-state index in [4.69, 9.17) is 0 Å². The lowest BCUT2D eigenvalue weighted by molar-refractivity contribution is -0.156. The number of ketones is 1. The van der Waals surface area contributed by atoms with Crippen LogP contribution in [0.25, 0.3) is 0 Å². The zero-order valence-corrected chi connectivity index (χ0v) is 13.5. The van der Waals surface area contributed by atoms with Crippen molar-refractivity contribution in [1.29, 1.82) is 0 Å². The molecule has 0 bridgehead atoms. The molecule has 0 saturated heterocycles. The second-order valence-corrected chi connectivity index (χ2v) is 9.07. The summed E-state index contributed by atoms with van der Waals surface area (Å²) in [6, 6.07) is 0. The Labute approximate surface area is 128 Å². The Morgan fingerprint density at radius 3 is 2.67 bits per heavy atom. The fourth-order valence-corrected chi connectivity index (χ4v) is 6.87. The van der Waals surface area contributed by atoms with E-state index in [1.54, 1.807) is 0 Å². The Morgan fingerprint density at radius 1 is 1.05 bits per heavy atom. The molecule has 4 saturated carbocycles. The van der Waals surface area contributed by atoms with Crippen LogP contribution < -0.4 is 0 Å². The van der Waals surface area contributed by atoms with Crippen LogP contribution in [0.2, 0.25) is 0 Å². The smallest absolute Gasteiger partial charge is 0.136 e. The van der Waals surface area contributed by atoms with Gasteiger partial charge >= 0.3 is 0 Å². The lowest BCUT2D eigenvalue weighted by Crippen LogP contribution is -2.56. The fraction of sp³-hybridized carbons (Fsp3) is 0.947. The van der Waals surface area contributed by atoms with Crippen LogP contribution in [0.4, 0.5) is 4.39 Å². The lowest BCUT2D eigenvalue weighted by atomic mass is 9.45. The minimum Gasteiger partial charge on any atom is -0.299 e. The highest BCUT2D eigenvalue weighted by atomic mass is 19.1. The van der Waals surface area contributed by atoms with Crippen LogP contribution in [0.15, 0.2) is 0 Å². The first-order valence-corrected chi connectivity index (χ1v) is 9.11. The van der Waals surface area contributed by atoms with Gasteiger partial charge in [-0.1, -0.05) is 20.3 Å². The number of alkyl halides is 1. The summed E-state index contributed by atoms with van der Waals surface area (Å²) < 4.78 is 13.8. The Hall–Kier alpha value is -0.400. The van der Waals surface area contributed by atoms with E-state index in [-0.39, 0.29) is 5.41 Å². The first kappa shape index (κ1) is 14.2. The largest absolute Gasteiger partial charge is 0.299 e. The highest BCUT2D eigenvalue weighted by molar-refractivity contribution is 5.83. The molecule has 0 spiro atoms. The molecule has 118 valence electrons. The van der Waals surface area contributed by atoms with Crippen molar-refractivity contribution in [2.45, 2.75) is 77.8 Å². The topological polar surface area (TPSA) is 17.1 Å². The fourth-order valence-electron chi connectivity index (χ4n) is 6.87. The Balaban J connectivity index is 1.69. The van der Waals surface area contributed by atoms with Crippen molar-refractivity contribution in [1.82, 2.24) is 0 Å². The average molecular weight is 292 g/mol. The molecule has 2 heteroatoms.